The van der Waals surface area contributed by atoms with Crippen LogP contribution in [0.4, 0.5) is 0 Å². The van der Waals surface area contributed by atoms with Gasteiger partial charge in [0.1, 0.15) is 4.90 Å². The molecular weight excluding hydrogens is 335 g/mol. The topological polar surface area (TPSA) is 89.3 Å². The second-order valence-electron chi connectivity index (χ2n) is 5.91. The molecule has 1 saturated carbocycles. The summed E-state index contributed by atoms with van der Waals surface area (Å²) < 4.78 is 22.9. The molecule has 0 spiro atoms. The third-order valence-electron chi connectivity index (χ3n) is 3.79. The molecule has 1 aliphatic carbocycles. The molecule has 0 aliphatic heterocycles. The fourth-order valence-corrected chi connectivity index (χ4v) is 3.50. The lowest BCUT2D eigenvalue weighted by Crippen LogP contribution is -2.27. The van der Waals surface area contributed by atoms with Crippen LogP contribution in [0.1, 0.15) is 30.6 Å². The zero-order valence-electron chi connectivity index (χ0n) is 11.6. The Labute approximate surface area is 133 Å². The van der Waals surface area contributed by atoms with Crippen LogP contribution in [0.3, 0.4) is 0 Å². The van der Waals surface area contributed by atoms with E-state index in [2.05, 4.69) is 19.2 Å². The zero-order valence-corrected chi connectivity index (χ0v) is 13.9. The number of sulfonamides is 1. The van der Waals surface area contributed by atoms with Crippen LogP contribution in [-0.4, -0.2) is 20.9 Å². The van der Waals surface area contributed by atoms with Gasteiger partial charge >= 0.3 is 0 Å². The third kappa shape index (κ3) is 3.69. The lowest BCUT2D eigenvalue weighted by atomic mass is 10.1. The summed E-state index contributed by atoms with van der Waals surface area (Å²) >= 11 is 11.7. The zero-order chi connectivity index (χ0) is 16.0. The van der Waals surface area contributed by atoms with Gasteiger partial charge in [-0.3, -0.25) is 4.79 Å². The maximum atomic E-state index is 12.1. The van der Waals surface area contributed by atoms with Crippen molar-refractivity contribution in [1.82, 2.24) is 5.32 Å². The molecule has 2 rings (SSSR count). The van der Waals surface area contributed by atoms with Gasteiger partial charge in [-0.05, 0) is 29.9 Å². The molecule has 0 saturated heterocycles. The van der Waals surface area contributed by atoms with Crippen LogP contribution >= 0.6 is 23.2 Å². The summed E-state index contributed by atoms with van der Waals surface area (Å²) in [7, 11) is -4.05. The Balaban J connectivity index is 2.20. The smallest absolute Gasteiger partial charge is 0.251 e. The van der Waals surface area contributed by atoms with Crippen LogP contribution in [-0.2, 0) is 10.0 Å². The van der Waals surface area contributed by atoms with Crippen LogP contribution in [0.25, 0.3) is 0 Å². The molecule has 1 aromatic rings. The highest BCUT2D eigenvalue weighted by Crippen LogP contribution is 2.51. The van der Waals surface area contributed by atoms with E-state index in [1.165, 1.54) is 6.07 Å². The molecule has 116 valence electrons. The number of nitrogens with two attached hydrogens (primary N) is 1. The average molecular weight is 351 g/mol. The molecule has 1 unspecified atom stereocenters. The Kier molecular flexibility index (Phi) is 4.28. The lowest BCUT2D eigenvalue weighted by Gasteiger charge is -2.10. The van der Waals surface area contributed by atoms with Crippen LogP contribution in [0, 0.1) is 11.3 Å². The minimum atomic E-state index is -4.05. The van der Waals surface area contributed by atoms with E-state index in [0.29, 0.717) is 12.5 Å². The molecule has 8 heteroatoms. The Morgan fingerprint density at radius 1 is 1.43 bits per heavy atom. The van der Waals surface area contributed by atoms with Crippen LogP contribution in [0.2, 0.25) is 10.0 Å². The van der Waals surface area contributed by atoms with E-state index < -0.39 is 15.9 Å². The van der Waals surface area contributed by atoms with E-state index >= 15 is 0 Å². The van der Waals surface area contributed by atoms with Gasteiger partial charge in [-0.15, -0.1) is 0 Å². The molecule has 1 atom stereocenters. The van der Waals surface area contributed by atoms with E-state index in [0.717, 1.165) is 12.5 Å². The Bertz CT molecular complexity index is 702. The third-order valence-corrected chi connectivity index (χ3v) is 5.64. The van der Waals surface area contributed by atoms with Gasteiger partial charge in [-0.1, -0.05) is 37.0 Å². The van der Waals surface area contributed by atoms with Gasteiger partial charge in [-0.2, -0.15) is 0 Å². The first-order valence-electron chi connectivity index (χ1n) is 6.32. The summed E-state index contributed by atoms with van der Waals surface area (Å²) in [6.45, 7) is 4.79. The second kappa shape index (κ2) is 5.43. The predicted molar refractivity (Wildman–Crippen MR) is 82.1 cm³/mol. The molecule has 0 radical (unpaired) electrons. The predicted octanol–water partition coefficient (Wildman–Crippen LogP) is 2.42. The largest absolute Gasteiger partial charge is 0.352 e. The maximum Gasteiger partial charge on any atom is 0.251 e. The van der Waals surface area contributed by atoms with Crippen molar-refractivity contribution in [3.8, 4) is 0 Å². The summed E-state index contributed by atoms with van der Waals surface area (Å²) in [5.74, 6) is 0.0306. The van der Waals surface area contributed by atoms with Gasteiger partial charge < -0.3 is 5.32 Å². The van der Waals surface area contributed by atoms with Crippen LogP contribution in [0.15, 0.2) is 17.0 Å². The molecular formula is C13H16Cl2N2O3S. The molecule has 1 aromatic carbocycles. The van der Waals surface area contributed by atoms with E-state index in [1.807, 2.05) is 0 Å². The number of benzene rings is 1. The monoisotopic (exact) mass is 350 g/mol. The summed E-state index contributed by atoms with van der Waals surface area (Å²) in [4.78, 5) is 11.7. The fraction of sp³-hybridized carbons (Fsp3) is 0.462. The first-order chi connectivity index (χ1) is 9.52. The van der Waals surface area contributed by atoms with Gasteiger partial charge in [-0.25, -0.2) is 13.6 Å². The Morgan fingerprint density at radius 3 is 2.48 bits per heavy atom. The number of halogens is 2. The highest BCUT2D eigenvalue weighted by molar-refractivity contribution is 7.89. The van der Waals surface area contributed by atoms with Crippen molar-refractivity contribution in [2.75, 3.05) is 6.54 Å². The molecule has 21 heavy (non-hydrogen) atoms. The SMILES string of the molecule is CC1(C)CC1CNC(=O)c1cc(Cl)c(Cl)c(S(N)(=O)=O)c1. The van der Waals surface area contributed by atoms with Crippen molar-refractivity contribution < 1.29 is 13.2 Å². The van der Waals surface area contributed by atoms with E-state index in [-0.39, 0.29) is 25.9 Å². The second-order valence-corrected chi connectivity index (χ2v) is 8.23. The van der Waals surface area contributed by atoms with Gasteiger partial charge in [0.05, 0.1) is 10.0 Å². The minimum Gasteiger partial charge on any atom is -0.352 e. The Morgan fingerprint density at radius 2 is 2.00 bits per heavy atom. The maximum absolute atomic E-state index is 12.1. The lowest BCUT2D eigenvalue weighted by molar-refractivity contribution is 0.0950. The fourth-order valence-electron chi connectivity index (χ4n) is 2.14. The standard InChI is InChI=1S/C13H16Cl2N2O3S/c1-13(2)5-8(13)6-17-12(18)7-3-9(14)11(15)10(4-7)21(16,19)20/h3-4,8H,5-6H2,1-2H3,(H,17,18)(H2,16,19,20). The highest BCUT2D eigenvalue weighted by atomic mass is 35.5. The van der Waals surface area contributed by atoms with E-state index in [1.54, 1.807) is 0 Å². The molecule has 1 amide bonds. The molecule has 0 aromatic heterocycles. The molecule has 5 nitrogen and oxygen atoms in total. The quantitative estimate of drug-likeness (QED) is 0.873. The summed E-state index contributed by atoms with van der Waals surface area (Å²) in [5, 5.41) is 7.62. The number of amides is 1. The van der Waals surface area contributed by atoms with Gasteiger partial charge in [0.25, 0.3) is 5.91 Å². The summed E-state index contributed by atoms with van der Waals surface area (Å²) in [6.07, 6.45) is 1.05. The van der Waals surface area contributed by atoms with E-state index in [9.17, 15) is 13.2 Å². The number of rotatable bonds is 4. The number of primary sulfonamides is 1. The highest BCUT2D eigenvalue weighted by Gasteiger charge is 2.45. The van der Waals surface area contributed by atoms with Gasteiger partial charge in [0, 0.05) is 12.1 Å². The van der Waals surface area contributed by atoms with Crippen molar-refractivity contribution in [1.29, 1.82) is 0 Å². The number of hydrogen-bond donors (Lipinski definition) is 2. The molecule has 1 fully saturated rings. The van der Waals surface area contributed by atoms with Crippen molar-refractivity contribution in [2.45, 2.75) is 25.2 Å². The first-order valence-corrected chi connectivity index (χ1v) is 8.62. The normalized spacial score (nSPS) is 20.1. The van der Waals surface area contributed by atoms with Crippen molar-refractivity contribution in [3.63, 3.8) is 0 Å². The van der Waals surface area contributed by atoms with Crippen molar-refractivity contribution in [2.24, 2.45) is 16.5 Å². The summed E-state index contributed by atoms with van der Waals surface area (Å²) in [6, 6.07) is 2.46. The van der Waals surface area contributed by atoms with Crippen molar-refractivity contribution >= 4 is 39.1 Å². The van der Waals surface area contributed by atoms with Crippen LogP contribution < -0.4 is 10.5 Å². The number of hydrogen-bond acceptors (Lipinski definition) is 3. The minimum absolute atomic E-state index is 0.0277. The number of carbonyl (C=O) groups excluding carboxylic acids is 1. The van der Waals surface area contributed by atoms with Crippen molar-refractivity contribution in [3.05, 3.63) is 27.7 Å². The molecule has 0 bridgehead atoms. The molecule has 3 N–H and O–H groups in total. The molecule has 0 heterocycles. The number of nitrogens with one attached hydrogen (secondary N) is 1. The van der Waals surface area contributed by atoms with Gasteiger partial charge in [0.2, 0.25) is 10.0 Å². The van der Waals surface area contributed by atoms with Crippen LogP contribution in [0.5, 0.6) is 0 Å². The summed E-state index contributed by atoms with van der Waals surface area (Å²) in [5.41, 5.74) is 0.364. The molecule has 1 aliphatic rings. The Hall–Kier alpha value is -0.820. The number of carbonyl (C=O) groups is 1. The van der Waals surface area contributed by atoms with Gasteiger partial charge in [0.15, 0.2) is 0 Å². The van der Waals surface area contributed by atoms with E-state index in [4.69, 9.17) is 28.3 Å². The average Bonchev–Trinajstić information content (AvgIpc) is 2.95. The first kappa shape index (κ1) is 16.5.